The SMILES string of the molecule is COc1ccc2nc(NC(=O)C(C(C)C)N3C(=O)c4ccccc4C3=O)sc2c1. The topological polar surface area (TPSA) is 88.6 Å². The quantitative estimate of drug-likeness (QED) is 0.651. The number of carbonyl (C=O) groups excluding carboxylic acids is 3. The Kier molecular flexibility index (Phi) is 4.79. The number of nitrogens with zero attached hydrogens (tertiary/aromatic N) is 2. The summed E-state index contributed by atoms with van der Waals surface area (Å²) in [4.78, 5) is 44.2. The first-order valence-electron chi connectivity index (χ1n) is 9.13. The molecule has 4 rings (SSSR count). The number of thiazole rings is 1. The number of anilines is 1. The highest BCUT2D eigenvalue weighted by molar-refractivity contribution is 7.22. The maximum absolute atomic E-state index is 13.1. The summed E-state index contributed by atoms with van der Waals surface area (Å²) in [5.41, 5.74) is 1.37. The minimum absolute atomic E-state index is 0.272. The summed E-state index contributed by atoms with van der Waals surface area (Å²) in [5.74, 6) is -0.917. The maximum atomic E-state index is 13.1. The minimum atomic E-state index is -0.941. The number of amides is 3. The van der Waals surface area contributed by atoms with Crippen molar-refractivity contribution < 1.29 is 19.1 Å². The molecule has 1 unspecified atom stereocenters. The molecule has 1 aromatic heterocycles. The summed E-state index contributed by atoms with van der Waals surface area (Å²) >= 11 is 1.30. The number of benzene rings is 2. The molecule has 0 bridgehead atoms. The number of rotatable bonds is 5. The molecule has 0 saturated carbocycles. The number of fused-ring (bicyclic) bond motifs is 2. The van der Waals surface area contributed by atoms with Crippen molar-refractivity contribution in [2.75, 3.05) is 12.4 Å². The first kappa shape index (κ1) is 19.1. The lowest BCUT2D eigenvalue weighted by atomic mass is 10.0. The van der Waals surface area contributed by atoms with Crippen LogP contribution < -0.4 is 10.1 Å². The molecule has 3 aromatic rings. The van der Waals surface area contributed by atoms with Crippen LogP contribution in [0, 0.1) is 5.92 Å². The van der Waals surface area contributed by atoms with E-state index < -0.39 is 23.8 Å². The van der Waals surface area contributed by atoms with Gasteiger partial charge in [-0.1, -0.05) is 37.3 Å². The Morgan fingerprint density at radius 1 is 1.10 bits per heavy atom. The lowest BCUT2D eigenvalue weighted by Crippen LogP contribution is -2.50. The second-order valence-electron chi connectivity index (χ2n) is 7.06. The van der Waals surface area contributed by atoms with Gasteiger partial charge in [0.1, 0.15) is 11.8 Å². The van der Waals surface area contributed by atoms with Crippen molar-refractivity contribution in [3.8, 4) is 5.75 Å². The van der Waals surface area contributed by atoms with Gasteiger partial charge in [-0.3, -0.25) is 19.3 Å². The van der Waals surface area contributed by atoms with Crippen LogP contribution in [0.25, 0.3) is 10.2 Å². The highest BCUT2D eigenvalue weighted by Crippen LogP contribution is 2.31. The van der Waals surface area contributed by atoms with E-state index in [0.29, 0.717) is 22.0 Å². The van der Waals surface area contributed by atoms with E-state index in [4.69, 9.17) is 4.74 Å². The number of carbonyl (C=O) groups is 3. The predicted octanol–water partition coefficient (Wildman–Crippen LogP) is 3.56. The van der Waals surface area contributed by atoms with Gasteiger partial charge >= 0.3 is 0 Å². The minimum Gasteiger partial charge on any atom is -0.497 e. The van der Waals surface area contributed by atoms with Crippen molar-refractivity contribution >= 4 is 44.4 Å². The highest BCUT2D eigenvalue weighted by Gasteiger charge is 2.44. The molecule has 8 heteroatoms. The molecule has 7 nitrogen and oxygen atoms in total. The molecule has 148 valence electrons. The molecule has 1 aliphatic rings. The Hall–Kier alpha value is -3.26. The number of methoxy groups -OCH3 is 1. The smallest absolute Gasteiger partial charge is 0.262 e. The van der Waals surface area contributed by atoms with E-state index in [-0.39, 0.29) is 5.92 Å². The zero-order valence-electron chi connectivity index (χ0n) is 16.1. The third kappa shape index (κ3) is 3.25. The van der Waals surface area contributed by atoms with Gasteiger partial charge in [0.15, 0.2) is 5.13 Å². The lowest BCUT2D eigenvalue weighted by molar-refractivity contribution is -0.121. The molecule has 2 heterocycles. The monoisotopic (exact) mass is 409 g/mol. The number of ether oxygens (including phenoxy) is 1. The van der Waals surface area contributed by atoms with E-state index in [2.05, 4.69) is 10.3 Å². The van der Waals surface area contributed by atoms with E-state index in [1.165, 1.54) is 11.3 Å². The number of hydrogen-bond donors (Lipinski definition) is 1. The fourth-order valence-corrected chi connectivity index (χ4v) is 4.34. The molecular weight excluding hydrogens is 390 g/mol. The first-order valence-corrected chi connectivity index (χ1v) is 9.94. The van der Waals surface area contributed by atoms with Crippen molar-refractivity contribution in [3.63, 3.8) is 0 Å². The maximum Gasteiger partial charge on any atom is 0.262 e. The fourth-order valence-electron chi connectivity index (χ4n) is 3.44. The van der Waals surface area contributed by atoms with E-state index in [1.807, 2.05) is 12.1 Å². The Morgan fingerprint density at radius 3 is 2.34 bits per heavy atom. The van der Waals surface area contributed by atoms with Gasteiger partial charge in [0.2, 0.25) is 5.91 Å². The average Bonchev–Trinajstić information content (AvgIpc) is 3.21. The van der Waals surface area contributed by atoms with Gasteiger partial charge in [0.05, 0.1) is 28.5 Å². The Balaban J connectivity index is 1.62. The standard InChI is InChI=1S/C21H19N3O4S/c1-11(2)17(24-19(26)13-6-4-5-7-14(13)20(24)27)18(25)23-21-22-15-9-8-12(28-3)10-16(15)29-21/h4-11,17H,1-3H3,(H,22,23,25). The molecule has 0 aliphatic carbocycles. The molecule has 0 radical (unpaired) electrons. The van der Waals surface area contributed by atoms with Crippen molar-refractivity contribution in [1.82, 2.24) is 9.88 Å². The van der Waals surface area contributed by atoms with Gasteiger partial charge in [-0.05, 0) is 36.2 Å². The average molecular weight is 409 g/mol. The van der Waals surface area contributed by atoms with Gasteiger partial charge < -0.3 is 10.1 Å². The molecule has 0 saturated heterocycles. The predicted molar refractivity (Wildman–Crippen MR) is 110 cm³/mol. The fraction of sp³-hybridized carbons (Fsp3) is 0.238. The van der Waals surface area contributed by atoms with Crippen molar-refractivity contribution in [3.05, 3.63) is 53.6 Å². The zero-order chi connectivity index (χ0) is 20.7. The van der Waals surface area contributed by atoms with Gasteiger partial charge in [-0.2, -0.15) is 0 Å². The molecule has 2 aromatic carbocycles. The molecule has 1 N–H and O–H groups in total. The Bertz CT molecular complexity index is 1100. The number of aromatic nitrogens is 1. The highest BCUT2D eigenvalue weighted by atomic mass is 32.1. The van der Waals surface area contributed by atoms with Crippen LogP contribution in [0.5, 0.6) is 5.75 Å². The molecule has 29 heavy (non-hydrogen) atoms. The van der Waals surface area contributed by atoms with Crippen LogP contribution in [0.2, 0.25) is 0 Å². The summed E-state index contributed by atoms with van der Waals surface area (Å²) in [6.45, 7) is 3.61. The lowest BCUT2D eigenvalue weighted by Gasteiger charge is -2.27. The van der Waals surface area contributed by atoms with Gasteiger partial charge in [-0.15, -0.1) is 0 Å². The Labute approximate surface area is 171 Å². The third-order valence-electron chi connectivity index (χ3n) is 4.83. The summed E-state index contributed by atoms with van der Waals surface area (Å²) in [6.07, 6.45) is 0. The molecule has 1 aliphatic heterocycles. The van der Waals surface area contributed by atoms with Crippen LogP contribution in [-0.2, 0) is 4.79 Å². The van der Waals surface area contributed by atoms with Gasteiger partial charge in [-0.25, -0.2) is 4.98 Å². The van der Waals surface area contributed by atoms with Crippen molar-refractivity contribution in [1.29, 1.82) is 0 Å². The number of imide groups is 1. The van der Waals surface area contributed by atoms with Crippen molar-refractivity contribution in [2.24, 2.45) is 5.92 Å². The summed E-state index contributed by atoms with van der Waals surface area (Å²) in [5, 5.41) is 3.18. The van der Waals surface area contributed by atoms with Crippen LogP contribution in [0.3, 0.4) is 0 Å². The van der Waals surface area contributed by atoms with Gasteiger partial charge in [0.25, 0.3) is 11.8 Å². The van der Waals surface area contributed by atoms with E-state index in [0.717, 1.165) is 15.1 Å². The second-order valence-corrected chi connectivity index (χ2v) is 8.09. The van der Waals surface area contributed by atoms with Crippen LogP contribution in [-0.4, -0.2) is 40.8 Å². The molecule has 3 amide bonds. The van der Waals surface area contributed by atoms with Crippen molar-refractivity contribution in [2.45, 2.75) is 19.9 Å². The normalized spacial score (nSPS) is 14.4. The summed E-state index contributed by atoms with van der Waals surface area (Å²) in [6, 6.07) is 11.1. The first-order chi connectivity index (χ1) is 13.9. The molecule has 0 fully saturated rings. The molecular formula is C21H19N3O4S. The Morgan fingerprint density at radius 2 is 1.76 bits per heavy atom. The summed E-state index contributed by atoms with van der Waals surface area (Å²) in [7, 11) is 1.58. The number of hydrogen-bond acceptors (Lipinski definition) is 6. The summed E-state index contributed by atoms with van der Waals surface area (Å²) < 4.78 is 6.08. The van der Waals surface area contributed by atoms with Crippen LogP contribution in [0.4, 0.5) is 5.13 Å². The molecule has 0 spiro atoms. The third-order valence-corrected chi connectivity index (χ3v) is 5.76. The second kappa shape index (κ2) is 7.29. The zero-order valence-corrected chi connectivity index (χ0v) is 16.9. The van der Waals surface area contributed by atoms with Crippen LogP contribution in [0.15, 0.2) is 42.5 Å². The van der Waals surface area contributed by atoms with Crippen LogP contribution >= 0.6 is 11.3 Å². The largest absolute Gasteiger partial charge is 0.497 e. The van der Waals surface area contributed by atoms with Gasteiger partial charge in [0, 0.05) is 0 Å². The number of nitrogens with one attached hydrogen (secondary N) is 1. The van der Waals surface area contributed by atoms with E-state index >= 15 is 0 Å². The van der Waals surface area contributed by atoms with E-state index in [1.54, 1.807) is 51.3 Å². The van der Waals surface area contributed by atoms with Crippen LogP contribution in [0.1, 0.15) is 34.6 Å². The molecule has 1 atom stereocenters. The van der Waals surface area contributed by atoms with E-state index in [9.17, 15) is 14.4 Å².